The lowest BCUT2D eigenvalue weighted by Crippen LogP contribution is -2.30. The average Bonchev–Trinajstić information content (AvgIpc) is 3.35. The summed E-state index contributed by atoms with van der Waals surface area (Å²) in [4.78, 5) is 30.9. The summed E-state index contributed by atoms with van der Waals surface area (Å²) in [5.74, 6) is 1.09. The number of benzene rings is 2. The molecule has 3 heterocycles. The number of hydrogen-bond donors (Lipinski definition) is 1. The Morgan fingerprint density at radius 2 is 2.00 bits per heavy atom. The van der Waals surface area contributed by atoms with Gasteiger partial charge in [-0.2, -0.15) is 0 Å². The molecule has 0 aliphatic carbocycles. The molecule has 0 radical (unpaired) electrons. The van der Waals surface area contributed by atoms with Crippen molar-refractivity contribution >= 4 is 34.3 Å². The summed E-state index contributed by atoms with van der Waals surface area (Å²) >= 11 is 1.27. The van der Waals surface area contributed by atoms with Gasteiger partial charge in [0.15, 0.2) is 16.7 Å². The number of aromatic nitrogens is 2. The van der Waals surface area contributed by atoms with E-state index in [4.69, 9.17) is 19.2 Å². The lowest BCUT2D eigenvalue weighted by Gasteiger charge is -2.20. The van der Waals surface area contributed by atoms with Gasteiger partial charge in [-0.15, -0.1) is 0 Å². The summed E-state index contributed by atoms with van der Waals surface area (Å²) in [7, 11) is 0. The number of ether oxygens (including phenoxy) is 3. The van der Waals surface area contributed by atoms with Crippen molar-refractivity contribution in [3.05, 3.63) is 52.8 Å². The van der Waals surface area contributed by atoms with Gasteiger partial charge in [0, 0.05) is 18.4 Å². The van der Waals surface area contributed by atoms with Gasteiger partial charge in [-0.3, -0.25) is 14.2 Å². The maximum absolute atomic E-state index is 13.2. The third kappa shape index (κ3) is 4.69. The van der Waals surface area contributed by atoms with E-state index in [0.717, 1.165) is 12.8 Å². The molecule has 3 aromatic rings. The number of carbonyl (C=O) groups is 1. The van der Waals surface area contributed by atoms with Crippen LogP contribution in [0.4, 0.5) is 5.69 Å². The third-order valence-corrected chi connectivity index (χ3v) is 6.79. The van der Waals surface area contributed by atoms with Gasteiger partial charge >= 0.3 is 0 Å². The molecule has 0 saturated carbocycles. The Kier molecular flexibility index (Phi) is 6.24. The molecule has 0 spiro atoms. The van der Waals surface area contributed by atoms with Crippen LogP contribution in [0.25, 0.3) is 10.9 Å². The maximum Gasteiger partial charge on any atom is 0.262 e. The lowest BCUT2D eigenvalue weighted by molar-refractivity contribution is -0.115. The molecule has 0 bridgehead atoms. The molecule has 2 atom stereocenters. The van der Waals surface area contributed by atoms with Gasteiger partial charge in [-0.1, -0.05) is 23.9 Å². The second-order valence-electron chi connectivity index (χ2n) is 8.07. The zero-order valence-electron chi connectivity index (χ0n) is 18.3. The van der Waals surface area contributed by atoms with Gasteiger partial charge in [0.25, 0.3) is 5.56 Å². The van der Waals surface area contributed by atoms with Crippen molar-refractivity contribution < 1.29 is 19.0 Å². The van der Waals surface area contributed by atoms with Crippen LogP contribution in [0.2, 0.25) is 0 Å². The molecular formula is C24H25N3O5S. The first kappa shape index (κ1) is 21.8. The molecule has 2 aliphatic rings. The van der Waals surface area contributed by atoms with E-state index in [1.165, 1.54) is 11.8 Å². The molecule has 2 aromatic carbocycles. The molecule has 1 saturated heterocycles. The first-order chi connectivity index (χ1) is 16.1. The molecule has 2 unspecified atom stereocenters. The minimum Gasteiger partial charge on any atom is -0.486 e. The molecule has 1 N–H and O–H groups in total. The molecule has 1 fully saturated rings. The number of fused-ring (bicyclic) bond motifs is 2. The van der Waals surface area contributed by atoms with E-state index >= 15 is 0 Å². The summed E-state index contributed by atoms with van der Waals surface area (Å²) in [5.41, 5.74) is 1.13. The maximum atomic E-state index is 13.2. The monoisotopic (exact) mass is 467 g/mol. The molecule has 8 nitrogen and oxygen atoms in total. The third-order valence-electron chi connectivity index (χ3n) is 5.70. The van der Waals surface area contributed by atoms with E-state index in [9.17, 15) is 9.59 Å². The molecule has 2 aliphatic heterocycles. The predicted molar refractivity (Wildman–Crippen MR) is 126 cm³/mol. The molecule has 1 amide bonds. The Balaban J connectivity index is 1.38. The minimum absolute atomic E-state index is 0.0214. The number of hydrogen-bond acceptors (Lipinski definition) is 7. The first-order valence-electron chi connectivity index (χ1n) is 11.1. The Morgan fingerprint density at radius 3 is 2.82 bits per heavy atom. The largest absolute Gasteiger partial charge is 0.486 e. The van der Waals surface area contributed by atoms with E-state index in [-0.39, 0.29) is 17.6 Å². The van der Waals surface area contributed by atoms with Crippen LogP contribution in [0.1, 0.15) is 19.8 Å². The van der Waals surface area contributed by atoms with Gasteiger partial charge in [-0.05, 0) is 44.0 Å². The molecule has 1 aromatic heterocycles. The van der Waals surface area contributed by atoms with Gasteiger partial charge in [0.1, 0.15) is 13.2 Å². The second kappa shape index (κ2) is 9.44. The fourth-order valence-electron chi connectivity index (χ4n) is 3.97. The van der Waals surface area contributed by atoms with Crippen molar-refractivity contribution in [2.75, 3.05) is 25.1 Å². The number of thioether (sulfide) groups is 1. The Morgan fingerprint density at radius 1 is 1.18 bits per heavy atom. The van der Waals surface area contributed by atoms with E-state index in [2.05, 4.69) is 5.32 Å². The van der Waals surface area contributed by atoms with Crippen LogP contribution in [0, 0.1) is 0 Å². The van der Waals surface area contributed by atoms with Crippen molar-refractivity contribution in [2.24, 2.45) is 0 Å². The highest BCUT2D eigenvalue weighted by atomic mass is 32.2. The van der Waals surface area contributed by atoms with Crippen LogP contribution in [0.5, 0.6) is 11.5 Å². The number of rotatable bonds is 6. The quantitative estimate of drug-likeness (QED) is 0.438. The molecular weight excluding hydrogens is 442 g/mol. The number of nitrogens with one attached hydrogen (secondary N) is 1. The second-order valence-corrected chi connectivity index (χ2v) is 9.38. The fourth-order valence-corrected chi connectivity index (χ4v) is 4.89. The summed E-state index contributed by atoms with van der Waals surface area (Å²) in [5, 5.41) is 3.51. The molecule has 5 rings (SSSR count). The first-order valence-corrected chi connectivity index (χ1v) is 11.9. The summed E-state index contributed by atoms with van der Waals surface area (Å²) < 4.78 is 18.5. The lowest BCUT2D eigenvalue weighted by atomic mass is 10.2. The van der Waals surface area contributed by atoms with Crippen LogP contribution in [-0.2, 0) is 16.1 Å². The van der Waals surface area contributed by atoms with Crippen molar-refractivity contribution in [1.29, 1.82) is 0 Å². The summed E-state index contributed by atoms with van der Waals surface area (Å²) in [6, 6.07) is 12.6. The summed E-state index contributed by atoms with van der Waals surface area (Å²) in [6.45, 7) is 3.92. The number of carbonyl (C=O) groups excluding carboxylic acids is 1. The predicted octanol–water partition coefficient (Wildman–Crippen LogP) is 3.47. The van der Waals surface area contributed by atoms with Crippen LogP contribution in [-0.4, -0.2) is 46.6 Å². The molecule has 172 valence electrons. The summed E-state index contributed by atoms with van der Waals surface area (Å²) in [6.07, 6.45) is 1.87. The average molecular weight is 468 g/mol. The van der Waals surface area contributed by atoms with Crippen molar-refractivity contribution in [3.8, 4) is 11.5 Å². The Labute approximate surface area is 195 Å². The Hall–Kier alpha value is -3.04. The highest BCUT2D eigenvalue weighted by Gasteiger charge is 2.23. The number of amides is 1. The van der Waals surface area contributed by atoms with E-state index in [1.807, 2.05) is 18.2 Å². The highest BCUT2D eigenvalue weighted by molar-refractivity contribution is 8.00. The standard InChI is InChI=1S/C24H25N3O5S/c1-15(22(28)25-16-8-9-20-21(13-16)32-12-11-31-20)33-24-26-19-7-3-2-6-18(19)23(29)27(24)14-17-5-4-10-30-17/h2-3,6-9,13,15,17H,4-5,10-12,14H2,1H3,(H,25,28). The topological polar surface area (TPSA) is 91.7 Å². The van der Waals surface area contributed by atoms with Crippen LogP contribution >= 0.6 is 11.8 Å². The molecule has 9 heteroatoms. The van der Waals surface area contributed by atoms with Crippen LogP contribution < -0.4 is 20.3 Å². The zero-order chi connectivity index (χ0) is 22.8. The number of para-hydroxylation sites is 1. The smallest absolute Gasteiger partial charge is 0.262 e. The number of anilines is 1. The van der Waals surface area contributed by atoms with Crippen LogP contribution in [0.3, 0.4) is 0 Å². The normalized spacial score (nSPS) is 18.3. The van der Waals surface area contributed by atoms with Gasteiger partial charge in [-0.25, -0.2) is 4.98 Å². The number of nitrogens with zero attached hydrogens (tertiary/aromatic N) is 2. The highest BCUT2D eigenvalue weighted by Crippen LogP contribution is 2.33. The Bertz CT molecular complexity index is 1240. The van der Waals surface area contributed by atoms with Crippen molar-refractivity contribution in [1.82, 2.24) is 9.55 Å². The van der Waals surface area contributed by atoms with Gasteiger partial charge in [0.05, 0.1) is 28.8 Å². The van der Waals surface area contributed by atoms with E-state index in [0.29, 0.717) is 59.6 Å². The van der Waals surface area contributed by atoms with E-state index < -0.39 is 5.25 Å². The molecule has 33 heavy (non-hydrogen) atoms. The van der Waals surface area contributed by atoms with Crippen molar-refractivity contribution in [2.45, 2.75) is 42.8 Å². The van der Waals surface area contributed by atoms with Crippen LogP contribution in [0.15, 0.2) is 52.4 Å². The minimum atomic E-state index is -0.484. The van der Waals surface area contributed by atoms with Gasteiger partial charge in [0.2, 0.25) is 5.91 Å². The van der Waals surface area contributed by atoms with Crippen molar-refractivity contribution in [3.63, 3.8) is 0 Å². The van der Waals surface area contributed by atoms with Gasteiger partial charge < -0.3 is 19.5 Å². The fraction of sp³-hybridized carbons (Fsp3) is 0.375. The SMILES string of the molecule is CC(Sc1nc2ccccc2c(=O)n1CC1CCCO1)C(=O)Nc1ccc2c(c1)OCCO2. The zero-order valence-corrected chi connectivity index (χ0v) is 19.1. The van der Waals surface area contributed by atoms with E-state index in [1.54, 1.807) is 35.8 Å².